The SMILES string of the molecule is CC=O.CCC(=O)CCC(C)N1Cc2c(OCc3ccc(CN4CCN(c5ccc(C#N)cc5F)CC4)cc3)cccc2C1=O. The van der Waals surface area contributed by atoms with Crippen molar-refractivity contribution in [3.63, 3.8) is 0 Å². The molecule has 0 radical (unpaired) electrons. The van der Waals surface area contributed by atoms with Crippen LogP contribution in [-0.4, -0.2) is 60.0 Å². The monoisotopic (exact) mass is 612 g/mol. The van der Waals surface area contributed by atoms with Crippen LogP contribution in [0.1, 0.15) is 72.6 Å². The first-order valence-electron chi connectivity index (χ1n) is 15.5. The summed E-state index contributed by atoms with van der Waals surface area (Å²) in [6.07, 6.45) is 2.44. The van der Waals surface area contributed by atoms with Crippen LogP contribution < -0.4 is 9.64 Å². The molecule has 1 unspecified atom stereocenters. The summed E-state index contributed by atoms with van der Waals surface area (Å²) in [5.41, 5.74) is 4.73. The number of ether oxygens (including phenoxy) is 1. The van der Waals surface area contributed by atoms with Gasteiger partial charge in [-0.05, 0) is 61.7 Å². The van der Waals surface area contributed by atoms with Crippen LogP contribution in [0.15, 0.2) is 60.7 Å². The lowest BCUT2D eigenvalue weighted by atomic mass is 10.1. The van der Waals surface area contributed by atoms with Gasteiger partial charge in [0, 0.05) is 62.7 Å². The van der Waals surface area contributed by atoms with E-state index in [9.17, 15) is 14.0 Å². The molecule has 236 valence electrons. The maximum absolute atomic E-state index is 14.4. The predicted molar refractivity (Wildman–Crippen MR) is 171 cm³/mol. The zero-order valence-electron chi connectivity index (χ0n) is 26.3. The summed E-state index contributed by atoms with van der Waals surface area (Å²) in [6.45, 7) is 10.1. The van der Waals surface area contributed by atoms with Gasteiger partial charge in [-0.1, -0.05) is 37.3 Å². The Kier molecular flexibility index (Phi) is 11.8. The average molecular weight is 613 g/mol. The van der Waals surface area contributed by atoms with Crippen LogP contribution in [0, 0.1) is 17.1 Å². The van der Waals surface area contributed by atoms with Crippen molar-refractivity contribution in [2.24, 2.45) is 0 Å². The van der Waals surface area contributed by atoms with Crippen molar-refractivity contribution in [1.82, 2.24) is 9.80 Å². The van der Waals surface area contributed by atoms with Gasteiger partial charge in [-0.15, -0.1) is 0 Å². The van der Waals surface area contributed by atoms with E-state index >= 15 is 0 Å². The number of carbonyl (C=O) groups excluding carboxylic acids is 3. The molecule has 2 heterocycles. The van der Waals surface area contributed by atoms with Gasteiger partial charge in [0.25, 0.3) is 5.91 Å². The van der Waals surface area contributed by atoms with Gasteiger partial charge in [-0.25, -0.2) is 4.39 Å². The molecule has 0 aromatic heterocycles. The second kappa shape index (κ2) is 16.0. The van der Waals surface area contributed by atoms with Crippen molar-refractivity contribution >= 4 is 23.7 Å². The molecule has 1 fully saturated rings. The van der Waals surface area contributed by atoms with Gasteiger partial charge >= 0.3 is 0 Å². The smallest absolute Gasteiger partial charge is 0.254 e. The van der Waals surface area contributed by atoms with E-state index in [4.69, 9.17) is 14.8 Å². The third kappa shape index (κ3) is 8.55. The van der Waals surface area contributed by atoms with Crippen LogP contribution in [0.5, 0.6) is 5.75 Å². The van der Waals surface area contributed by atoms with Crippen molar-refractivity contribution in [3.8, 4) is 11.8 Å². The van der Waals surface area contributed by atoms with Crippen molar-refractivity contribution in [2.75, 3.05) is 31.1 Å². The molecule has 3 aromatic rings. The second-order valence-electron chi connectivity index (χ2n) is 11.4. The Labute approximate surface area is 265 Å². The molecule has 0 spiro atoms. The Morgan fingerprint density at radius 1 is 1.07 bits per heavy atom. The molecule has 0 aliphatic carbocycles. The lowest BCUT2D eigenvalue weighted by Crippen LogP contribution is -2.46. The summed E-state index contributed by atoms with van der Waals surface area (Å²) in [6, 6.07) is 20.6. The highest BCUT2D eigenvalue weighted by atomic mass is 19.1. The third-order valence-corrected chi connectivity index (χ3v) is 8.33. The summed E-state index contributed by atoms with van der Waals surface area (Å²) >= 11 is 0. The standard InChI is InChI=1S/C34H37FN4O3.C2H4O/c1-3-28(40)13-7-24(2)39-22-30-29(34(39)41)5-4-6-33(30)42-23-26-10-8-25(9-11-26)21-37-15-17-38(18-16-37)32-14-12-27(20-36)19-31(32)35;1-2-3/h4-6,8-12,14,19,24H,3,7,13,15-18,21-23H2,1-2H3;2H,1H3. The van der Waals surface area contributed by atoms with Crippen molar-refractivity contribution in [3.05, 3.63) is 94.3 Å². The molecule has 2 aliphatic rings. The zero-order valence-corrected chi connectivity index (χ0v) is 26.3. The molecular formula is C36H41FN4O4. The van der Waals surface area contributed by atoms with Crippen molar-refractivity contribution in [1.29, 1.82) is 5.26 Å². The molecule has 0 saturated carbocycles. The van der Waals surface area contributed by atoms with Crippen molar-refractivity contribution < 1.29 is 23.5 Å². The maximum Gasteiger partial charge on any atom is 0.254 e. The first kappa shape index (κ1) is 33.3. The molecule has 1 amide bonds. The largest absolute Gasteiger partial charge is 0.489 e. The van der Waals surface area contributed by atoms with E-state index in [-0.39, 0.29) is 23.5 Å². The van der Waals surface area contributed by atoms with E-state index in [2.05, 4.69) is 29.2 Å². The minimum atomic E-state index is -0.348. The van der Waals surface area contributed by atoms with Crippen LogP contribution in [0.4, 0.5) is 10.1 Å². The topological polar surface area (TPSA) is 93.9 Å². The molecule has 0 bridgehead atoms. The van der Waals surface area contributed by atoms with Crippen molar-refractivity contribution in [2.45, 2.75) is 65.8 Å². The Hall–Kier alpha value is -4.55. The number of benzene rings is 3. The van der Waals surface area contributed by atoms with Crippen LogP contribution in [0.3, 0.4) is 0 Å². The number of Topliss-reactive ketones (excluding diaryl/α,β-unsaturated/α-hetero) is 1. The molecule has 8 nitrogen and oxygen atoms in total. The van der Waals surface area contributed by atoms with Crippen LogP contribution >= 0.6 is 0 Å². The highest BCUT2D eigenvalue weighted by Crippen LogP contribution is 2.33. The predicted octanol–water partition coefficient (Wildman–Crippen LogP) is 5.91. The van der Waals surface area contributed by atoms with E-state index in [0.29, 0.717) is 49.2 Å². The second-order valence-corrected chi connectivity index (χ2v) is 11.4. The Balaban J connectivity index is 0.00000148. The number of nitriles is 1. The maximum atomic E-state index is 14.4. The molecule has 0 N–H and O–H groups in total. The third-order valence-electron chi connectivity index (χ3n) is 8.33. The lowest BCUT2D eigenvalue weighted by Gasteiger charge is -2.36. The number of hydrogen-bond acceptors (Lipinski definition) is 7. The van der Waals surface area contributed by atoms with Gasteiger partial charge in [0.1, 0.15) is 30.2 Å². The minimum absolute atomic E-state index is 0.000813. The number of fused-ring (bicyclic) bond motifs is 1. The highest BCUT2D eigenvalue weighted by Gasteiger charge is 2.33. The first-order chi connectivity index (χ1) is 21.8. The van der Waals surface area contributed by atoms with E-state index in [1.165, 1.54) is 18.6 Å². The number of anilines is 1. The first-order valence-corrected chi connectivity index (χ1v) is 15.5. The lowest BCUT2D eigenvalue weighted by molar-refractivity contribution is -0.119. The summed E-state index contributed by atoms with van der Waals surface area (Å²) < 4.78 is 20.6. The molecule has 9 heteroatoms. The van der Waals surface area contributed by atoms with Crippen LogP contribution in [-0.2, 0) is 29.3 Å². The Bertz CT molecular complexity index is 1530. The summed E-state index contributed by atoms with van der Waals surface area (Å²) in [4.78, 5) is 39.9. The molecule has 1 atom stereocenters. The number of rotatable bonds is 11. The highest BCUT2D eigenvalue weighted by molar-refractivity contribution is 5.99. The molecule has 45 heavy (non-hydrogen) atoms. The summed E-state index contributed by atoms with van der Waals surface area (Å²) in [5.74, 6) is 0.597. The molecule has 2 aliphatic heterocycles. The Morgan fingerprint density at radius 3 is 2.40 bits per heavy atom. The molecule has 1 saturated heterocycles. The van der Waals surface area contributed by atoms with Gasteiger partial charge in [-0.2, -0.15) is 5.26 Å². The van der Waals surface area contributed by atoms with E-state index < -0.39 is 0 Å². The normalized spacial score (nSPS) is 15.0. The minimum Gasteiger partial charge on any atom is -0.489 e. The number of amides is 1. The van der Waals surface area contributed by atoms with E-state index in [1.54, 1.807) is 12.1 Å². The fourth-order valence-electron chi connectivity index (χ4n) is 5.66. The average Bonchev–Trinajstić information content (AvgIpc) is 3.40. The van der Waals surface area contributed by atoms with Gasteiger partial charge in [0.05, 0.1) is 23.9 Å². The number of hydrogen-bond donors (Lipinski definition) is 0. The number of piperazine rings is 1. The van der Waals surface area contributed by atoms with Gasteiger partial charge in [-0.3, -0.25) is 14.5 Å². The van der Waals surface area contributed by atoms with E-state index in [1.807, 2.05) is 47.9 Å². The van der Waals surface area contributed by atoms with Gasteiger partial charge < -0.3 is 19.3 Å². The van der Waals surface area contributed by atoms with Gasteiger partial charge in [0.15, 0.2) is 0 Å². The van der Waals surface area contributed by atoms with E-state index in [0.717, 1.165) is 55.9 Å². The van der Waals surface area contributed by atoms with Crippen LogP contribution in [0.25, 0.3) is 0 Å². The van der Waals surface area contributed by atoms with Crippen LogP contribution in [0.2, 0.25) is 0 Å². The number of aldehydes is 1. The molecule has 3 aromatic carbocycles. The molecule has 5 rings (SSSR count). The zero-order chi connectivity index (χ0) is 32.3. The summed E-state index contributed by atoms with van der Waals surface area (Å²) in [7, 11) is 0. The quantitative estimate of drug-likeness (QED) is 0.249. The Morgan fingerprint density at radius 2 is 1.76 bits per heavy atom. The van der Waals surface area contributed by atoms with Gasteiger partial charge in [0.2, 0.25) is 0 Å². The number of nitrogens with zero attached hydrogens (tertiary/aromatic N) is 4. The fourth-order valence-corrected chi connectivity index (χ4v) is 5.66. The number of halogens is 1. The fraction of sp³-hybridized carbons (Fsp3) is 0.389. The number of ketones is 1. The molecular weight excluding hydrogens is 571 g/mol. The summed E-state index contributed by atoms with van der Waals surface area (Å²) in [5, 5.41) is 8.97. The number of carbonyl (C=O) groups is 3.